The van der Waals surface area contributed by atoms with Gasteiger partial charge in [0, 0.05) is 12.1 Å². The van der Waals surface area contributed by atoms with Gasteiger partial charge >= 0.3 is 5.97 Å². The standard InChI is InChI=1S/C14H21FN2O4S/c1-4-14(5-2,9-16)17-22(19,20)12-8-10(15)6-7-11(12)13(18)21-3/h6-8,17H,4-5,9,16H2,1-3H3. The van der Waals surface area contributed by atoms with Crippen LogP contribution in [0, 0.1) is 5.82 Å². The van der Waals surface area contributed by atoms with Crippen LogP contribution in [0.3, 0.4) is 0 Å². The maximum atomic E-state index is 13.5. The Balaban J connectivity index is 3.39. The Morgan fingerprint density at radius 3 is 2.41 bits per heavy atom. The summed E-state index contributed by atoms with van der Waals surface area (Å²) in [6.07, 6.45) is 0.921. The predicted octanol–water partition coefficient (Wildman–Crippen LogP) is 1.41. The molecule has 0 bridgehead atoms. The van der Waals surface area contributed by atoms with Crippen LogP contribution in [-0.4, -0.2) is 33.6 Å². The molecule has 0 radical (unpaired) electrons. The number of halogens is 1. The van der Waals surface area contributed by atoms with Gasteiger partial charge in [-0.1, -0.05) is 13.8 Å². The minimum atomic E-state index is -4.13. The summed E-state index contributed by atoms with van der Waals surface area (Å²) in [5.41, 5.74) is 4.60. The molecule has 0 heterocycles. The lowest BCUT2D eigenvalue weighted by Gasteiger charge is -2.31. The molecule has 0 atom stereocenters. The summed E-state index contributed by atoms with van der Waals surface area (Å²) in [5, 5.41) is 0. The van der Waals surface area contributed by atoms with E-state index in [9.17, 15) is 17.6 Å². The number of nitrogens with one attached hydrogen (secondary N) is 1. The first-order chi connectivity index (χ1) is 10.2. The first kappa shape index (κ1) is 18.5. The zero-order chi connectivity index (χ0) is 17.0. The number of carbonyl (C=O) groups is 1. The summed E-state index contributed by atoms with van der Waals surface area (Å²) < 4.78 is 45.6. The van der Waals surface area contributed by atoms with Crippen molar-refractivity contribution in [1.82, 2.24) is 4.72 Å². The van der Waals surface area contributed by atoms with Crippen LogP contribution >= 0.6 is 0 Å². The Hall–Kier alpha value is -1.51. The van der Waals surface area contributed by atoms with Crippen molar-refractivity contribution in [2.24, 2.45) is 5.73 Å². The van der Waals surface area contributed by atoms with E-state index in [1.165, 1.54) is 0 Å². The number of esters is 1. The van der Waals surface area contributed by atoms with E-state index in [4.69, 9.17) is 5.73 Å². The van der Waals surface area contributed by atoms with E-state index in [0.29, 0.717) is 12.8 Å². The lowest BCUT2D eigenvalue weighted by atomic mass is 9.95. The first-order valence-electron chi connectivity index (χ1n) is 6.87. The highest BCUT2D eigenvalue weighted by Crippen LogP contribution is 2.22. The number of ether oxygens (including phenoxy) is 1. The zero-order valence-corrected chi connectivity index (χ0v) is 13.7. The van der Waals surface area contributed by atoms with Crippen molar-refractivity contribution < 1.29 is 22.3 Å². The van der Waals surface area contributed by atoms with Crippen molar-refractivity contribution in [1.29, 1.82) is 0 Å². The van der Waals surface area contributed by atoms with Gasteiger partial charge in [0.1, 0.15) is 5.82 Å². The van der Waals surface area contributed by atoms with Gasteiger partial charge in [-0.15, -0.1) is 0 Å². The van der Waals surface area contributed by atoms with Crippen molar-refractivity contribution in [3.8, 4) is 0 Å². The molecule has 0 saturated carbocycles. The average Bonchev–Trinajstić information content (AvgIpc) is 2.52. The van der Waals surface area contributed by atoms with Gasteiger partial charge in [-0.25, -0.2) is 22.3 Å². The largest absolute Gasteiger partial charge is 0.465 e. The summed E-state index contributed by atoms with van der Waals surface area (Å²) in [6, 6.07) is 2.88. The molecule has 0 spiro atoms. The van der Waals surface area contributed by atoms with E-state index in [1.807, 2.05) is 0 Å². The minimum absolute atomic E-state index is 0.0854. The molecule has 124 valence electrons. The van der Waals surface area contributed by atoms with Crippen LogP contribution in [0.25, 0.3) is 0 Å². The highest BCUT2D eigenvalue weighted by atomic mass is 32.2. The van der Waals surface area contributed by atoms with Gasteiger partial charge in [0.05, 0.1) is 17.6 Å². The van der Waals surface area contributed by atoms with Crippen LogP contribution in [0.15, 0.2) is 23.1 Å². The molecule has 0 aliphatic heterocycles. The lowest BCUT2D eigenvalue weighted by molar-refractivity contribution is 0.0596. The van der Waals surface area contributed by atoms with Crippen LogP contribution in [0.2, 0.25) is 0 Å². The molecule has 0 saturated heterocycles. The average molecular weight is 332 g/mol. The van der Waals surface area contributed by atoms with Crippen LogP contribution in [0.5, 0.6) is 0 Å². The maximum absolute atomic E-state index is 13.5. The predicted molar refractivity (Wildman–Crippen MR) is 80.4 cm³/mol. The summed E-state index contributed by atoms with van der Waals surface area (Å²) in [6.45, 7) is 3.68. The molecular weight excluding hydrogens is 311 g/mol. The molecule has 8 heteroatoms. The lowest BCUT2D eigenvalue weighted by Crippen LogP contribution is -2.52. The van der Waals surface area contributed by atoms with E-state index in [0.717, 1.165) is 25.3 Å². The molecular formula is C14H21FN2O4S. The number of benzene rings is 1. The van der Waals surface area contributed by atoms with Gasteiger partial charge in [-0.05, 0) is 31.0 Å². The van der Waals surface area contributed by atoms with Gasteiger partial charge in [-0.3, -0.25) is 0 Å². The molecule has 0 unspecified atom stereocenters. The maximum Gasteiger partial charge on any atom is 0.339 e. The number of rotatable bonds is 7. The molecule has 0 amide bonds. The number of sulfonamides is 1. The molecule has 3 N–H and O–H groups in total. The fourth-order valence-corrected chi connectivity index (χ4v) is 3.82. The van der Waals surface area contributed by atoms with E-state index in [2.05, 4.69) is 9.46 Å². The van der Waals surface area contributed by atoms with Gasteiger partial charge < -0.3 is 10.5 Å². The summed E-state index contributed by atoms with van der Waals surface area (Å²) in [7, 11) is -3.01. The molecule has 1 rings (SSSR count). The summed E-state index contributed by atoms with van der Waals surface area (Å²) in [5.74, 6) is -1.62. The Kier molecular flexibility index (Phi) is 6.04. The van der Waals surface area contributed by atoms with E-state index < -0.39 is 32.2 Å². The third kappa shape index (κ3) is 3.82. The number of carbonyl (C=O) groups excluding carboxylic acids is 1. The van der Waals surface area contributed by atoms with Crippen LogP contribution in [0.1, 0.15) is 37.0 Å². The Morgan fingerprint density at radius 2 is 1.95 bits per heavy atom. The van der Waals surface area contributed by atoms with Gasteiger partial charge in [0.2, 0.25) is 10.0 Å². The highest BCUT2D eigenvalue weighted by Gasteiger charge is 2.33. The topological polar surface area (TPSA) is 98.5 Å². The van der Waals surface area contributed by atoms with E-state index in [1.54, 1.807) is 13.8 Å². The number of hydrogen-bond donors (Lipinski definition) is 2. The Labute approximate surface area is 129 Å². The van der Waals surface area contributed by atoms with Crippen molar-refractivity contribution >= 4 is 16.0 Å². The second kappa shape index (κ2) is 7.17. The monoisotopic (exact) mass is 332 g/mol. The summed E-state index contributed by atoms with van der Waals surface area (Å²) >= 11 is 0. The Bertz CT molecular complexity index is 634. The van der Waals surface area contributed by atoms with Crippen LogP contribution in [-0.2, 0) is 14.8 Å². The highest BCUT2D eigenvalue weighted by molar-refractivity contribution is 7.89. The van der Waals surface area contributed by atoms with Gasteiger partial charge in [0.25, 0.3) is 0 Å². The molecule has 0 aliphatic rings. The van der Waals surface area contributed by atoms with Gasteiger partial charge in [0.15, 0.2) is 0 Å². The van der Waals surface area contributed by atoms with Crippen molar-refractivity contribution in [2.45, 2.75) is 37.1 Å². The molecule has 0 fully saturated rings. The molecule has 6 nitrogen and oxygen atoms in total. The molecule has 0 aliphatic carbocycles. The molecule has 0 aromatic heterocycles. The van der Waals surface area contributed by atoms with Crippen LogP contribution < -0.4 is 10.5 Å². The van der Waals surface area contributed by atoms with Gasteiger partial charge in [-0.2, -0.15) is 0 Å². The normalized spacial score (nSPS) is 12.2. The number of nitrogens with two attached hydrogens (primary N) is 1. The first-order valence-corrected chi connectivity index (χ1v) is 8.35. The number of methoxy groups -OCH3 is 1. The summed E-state index contributed by atoms with van der Waals surface area (Å²) in [4.78, 5) is 11.2. The van der Waals surface area contributed by atoms with Crippen molar-refractivity contribution in [3.05, 3.63) is 29.6 Å². The Morgan fingerprint density at radius 1 is 1.36 bits per heavy atom. The molecule has 1 aromatic rings. The van der Waals surface area contributed by atoms with Crippen molar-refractivity contribution in [2.75, 3.05) is 13.7 Å². The second-order valence-corrected chi connectivity index (χ2v) is 6.58. The third-order valence-corrected chi connectivity index (χ3v) is 5.35. The third-order valence-electron chi connectivity index (χ3n) is 3.73. The molecule has 1 aromatic carbocycles. The fraction of sp³-hybridized carbons (Fsp3) is 0.500. The van der Waals surface area contributed by atoms with E-state index in [-0.39, 0.29) is 12.1 Å². The smallest absolute Gasteiger partial charge is 0.339 e. The van der Waals surface area contributed by atoms with Crippen LogP contribution in [0.4, 0.5) is 4.39 Å². The zero-order valence-electron chi connectivity index (χ0n) is 12.8. The van der Waals surface area contributed by atoms with Crippen molar-refractivity contribution in [3.63, 3.8) is 0 Å². The second-order valence-electron chi connectivity index (χ2n) is 4.93. The SMILES string of the molecule is CCC(CC)(CN)NS(=O)(=O)c1cc(F)ccc1C(=O)OC. The fourth-order valence-electron chi connectivity index (χ4n) is 2.06. The molecule has 22 heavy (non-hydrogen) atoms. The van der Waals surface area contributed by atoms with E-state index >= 15 is 0 Å². The quantitative estimate of drug-likeness (QED) is 0.736. The minimum Gasteiger partial charge on any atom is -0.465 e. The number of hydrogen-bond acceptors (Lipinski definition) is 5.